The highest BCUT2D eigenvalue weighted by Gasteiger charge is 2.00. The summed E-state index contributed by atoms with van der Waals surface area (Å²) >= 11 is 0. The van der Waals surface area contributed by atoms with Gasteiger partial charge >= 0.3 is 5.97 Å². The Hall–Kier alpha value is -1.10. The van der Waals surface area contributed by atoms with Crippen molar-refractivity contribution >= 4 is 11.9 Å². The molecule has 0 aromatic rings. The summed E-state index contributed by atoms with van der Waals surface area (Å²) in [5.74, 6) is -0.763. The van der Waals surface area contributed by atoms with Crippen molar-refractivity contribution in [1.82, 2.24) is 5.32 Å². The molecule has 5 heteroatoms. The fraction of sp³-hybridized carbons (Fsp3) is 0.833. The zero-order chi connectivity index (χ0) is 12.9. The molecule has 0 unspecified atom stereocenters. The van der Waals surface area contributed by atoms with Gasteiger partial charge in [0.15, 0.2) is 0 Å². The Morgan fingerprint density at radius 1 is 1.12 bits per heavy atom. The zero-order valence-electron chi connectivity index (χ0n) is 10.5. The van der Waals surface area contributed by atoms with Gasteiger partial charge in [0, 0.05) is 26.0 Å². The molecule has 0 aromatic carbocycles. The molecule has 0 aliphatic carbocycles. The molecule has 1 amide bonds. The van der Waals surface area contributed by atoms with Crippen molar-refractivity contribution in [2.75, 3.05) is 19.8 Å². The minimum absolute atomic E-state index is 0.000613. The molecular formula is C12H23NO4. The number of amides is 1. The van der Waals surface area contributed by atoms with Crippen molar-refractivity contribution in [3.63, 3.8) is 0 Å². The molecule has 0 bridgehead atoms. The molecule has 0 rings (SSSR count). The molecular weight excluding hydrogens is 222 g/mol. The van der Waals surface area contributed by atoms with Crippen LogP contribution in [0.25, 0.3) is 0 Å². The lowest BCUT2D eigenvalue weighted by atomic mass is 10.2. The summed E-state index contributed by atoms with van der Waals surface area (Å²) in [6, 6.07) is 0. The minimum Gasteiger partial charge on any atom is -0.481 e. The second-order valence-corrected chi connectivity index (χ2v) is 3.92. The van der Waals surface area contributed by atoms with Gasteiger partial charge in [-0.2, -0.15) is 0 Å². The summed E-state index contributed by atoms with van der Waals surface area (Å²) < 4.78 is 5.20. The molecule has 5 nitrogen and oxygen atoms in total. The summed E-state index contributed by atoms with van der Waals surface area (Å²) in [6.45, 7) is 3.81. The lowest BCUT2D eigenvalue weighted by molar-refractivity contribution is -0.137. The molecule has 17 heavy (non-hydrogen) atoms. The maximum absolute atomic E-state index is 11.3. The summed E-state index contributed by atoms with van der Waals surface area (Å²) in [4.78, 5) is 21.5. The lowest BCUT2D eigenvalue weighted by Crippen LogP contribution is -2.25. The number of carboxylic acids is 1. The first kappa shape index (κ1) is 15.9. The van der Waals surface area contributed by atoms with Crippen molar-refractivity contribution in [1.29, 1.82) is 0 Å². The number of unbranched alkanes of at least 4 members (excludes halogenated alkanes) is 2. The Morgan fingerprint density at radius 3 is 2.53 bits per heavy atom. The Balaban J connectivity index is 3.19. The van der Waals surface area contributed by atoms with Gasteiger partial charge in [-0.3, -0.25) is 9.59 Å². The van der Waals surface area contributed by atoms with Crippen molar-refractivity contribution in [3.8, 4) is 0 Å². The van der Waals surface area contributed by atoms with Crippen LogP contribution in [0.3, 0.4) is 0 Å². The van der Waals surface area contributed by atoms with Crippen molar-refractivity contribution < 1.29 is 19.4 Å². The van der Waals surface area contributed by atoms with Crippen LogP contribution in [0.15, 0.2) is 0 Å². The molecule has 0 saturated heterocycles. The third-order valence-corrected chi connectivity index (χ3v) is 2.21. The van der Waals surface area contributed by atoms with Crippen molar-refractivity contribution in [2.45, 2.75) is 45.4 Å². The average molecular weight is 245 g/mol. The SMILES string of the molecule is CCCOCCC(=O)NCCCCCC(=O)O. The largest absolute Gasteiger partial charge is 0.481 e. The highest BCUT2D eigenvalue weighted by molar-refractivity contribution is 5.75. The lowest BCUT2D eigenvalue weighted by Gasteiger charge is -2.05. The maximum Gasteiger partial charge on any atom is 0.303 e. The first-order valence-corrected chi connectivity index (χ1v) is 6.23. The van der Waals surface area contributed by atoms with E-state index in [-0.39, 0.29) is 12.3 Å². The van der Waals surface area contributed by atoms with Crippen LogP contribution in [-0.2, 0) is 14.3 Å². The Labute approximate surface area is 103 Å². The van der Waals surface area contributed by atoms with Crippen LogP contribution in [-0.4, -0.2) is 36.7 Å². The first-order chi connectivity index (χ1) is 8.16. The number of rotatable bonds is 11. The van der Waals surface area contributed by atoms with E-state index in [4.69, 9.17) is 9.84 Å². The molecule has 0 spiro atoms. The number of hydrogen-bond acceptors (Lipinski definition) is 3. The Bertz CT molecular complexity index is 219. The monoisotopic (exact) mass is 245 g/mol. The molecule has 0 saturated carbocycles. The van der Waals surface area contributed by atoms with Gasteiger partial charge < -0.3 is 15.2 Å². The summed E-state index contributed by atoms with van der Waals surface area (Å²) in [6.07, 6.45) is 3.90. The summed E-state index contributed by atoms with van der Waals surface area (Å²) in [7, 11) is 0. The molecule has 0 aliphatic heterocycles. The van der Waals surface area contributed by atoms with E-state index in [1.165, 1.54) is 0 Å². The smallest absolute Gasteiger partial charge is 0.303 e. The fourth-order valence-electron chi connectivity index (χ4n) is 1.31. The van der Waals surface area contributed by atoms with Crippen LogP contribution in [0.1, 0.15) is 45.4 Å². The van der Waals surface area contributed by atoms with E-state index in [9.17, 15) is 9.59 Å². The van der Waals surface area contributed by atoms with Crippen LogP contribution in [0.5, 0.6) is 0 Å². The van der Waals surface area contributed by atoms with Gasteiger partial charge in [-0.25, -0.2) is 0 Å². The minimum atomic E-state index is -0.762. The third kappa shape index (κ3) is 12.8. The van der Waals surface area contributed by atoms with E-state index < -0.39 is 5.97 Å². The average Bonchev–Trinajstić information content (AvgIpc) is 2.29. The third-order valence-electron chi connectivity index (χ3n) is 2.21. The van der Waals surface area contributed by atoms with Crippen molar-refractivity contribution in [2.24, 2.45) is 0 Å². The van der Waals surface area contributed by atoms with Crippen LogP contribution < -0.4 is 5.32 Å². The zero-order valence-corrected chi connectivity index (χ0v) is 10.5. The van der Waals surface area contributed by atoms with Crippen LogP contribution >= 0.6 is 0 Å². The fourth-order valence-corrected chi connectivity index (χ4v) is 1.31. The van der Waals surface area contributed by atoms with Gasteiger partial charge in [-0.05, 0) is 19.3 Å². The van der Waals surface area contributed by atoms with Gasteiger partial charge in [0.25, 0.3) is 0 Å². The van der Waals surface area contributed by atoms with Gasteiger partial charge in [0.2, 0.25) is 5.91 Å². The number of carbonyl (C=O) groups excluding carboxylic acids is 1. The van der Waals surface area contributed by atoms with E-state index in [1.54, 1.807) is 0 Å². The topological polar surface area (TPSA) is 75.6 Å². The summed E-state index contributed by atoms with van der Waals surface area (Å²) in [5, 5.41) is 11.2. The first-order valence-electron chi connectivity index (χ1n) is 6.23. The molecule has 0 heterocycles. The predicted molar refractivity (Wildman–Crippen MR) is 64.8 cm³/mol. The molecule has 100 valence electrons. The number of nitrogens with one attached hydrogen (secondary N) is 1. The number of ether oxygens (including phenoxy) is 1. The molecule has 0 aromatic heterocycles. The van der Waals surface area contributed by atoms with Gasteiger partial charge in [-0.1, -0.05) is 13.3 Å². The molecule has 0 atom stereocenters. The van der Waals surface area contributed by atoms with Gasteiger partial charge in [0.05, 0.1) is 6.61 Å². The number of carboxylic acid groups (broad SMARTS) is 1. The highest BCUT2D eigenvalue weighted by atomic mass is 16.5. The van der Waals surface area contributed by atoms with E-state index in [0.717, 1.165) is 19.3 Å². The highest BCUT2D eigenvalue weighted by Crippen LogP contribution is 1.98. The Morgan fingerprint density at radius 2 is 1.88 bits per heavy atom. The number of hydrogen-bond donors (Lipinski definition) is 2. The van der Waals surface area contributed by atoms with E-state index in [1.807, 2.05) is 6.92 Å². The molecule has 0 radical (unpaired) electrons. The van der Waals surface area contributed by atoms with Crippen LogP contribution in [0.2, 0.25) is 0 Å². The molecule has 2 N–H and O–H groups in total. The van der Waals surface area contributed by atoms with Crippen LogP contribution in [0.4, 0.5) is 0 Å². The van der Waals surface area contributed by atoms with E-state index >= 15 is 0 Å². The molecule has 0 aliphatic rings. The van der Waals surface area contributed by atoms with E-state index in [0.29, 0.717) is 32.6 Å². The predicted octanol–water partition coefficient (Wildman–Crippen LogP) is 1.56. The summed E-state index contributed by atoms with van der Waals surface area (Å²) in [5.41, 5.74) is 0. The number of carbonyl (C=O) groups is 2. The van der Waals surface area contributed by atoms with Gasteiger partial charge in [-0.15, -0.1) is 0 Å². The van der Waals surface area contributed by atoms with Crippen LogP contribution in [0, 0.1) is 0 Å². The Kier molecular flexibility index (Phi) is 10.7. The standard InChI is InChI=1S/C12H23NO4/c1-2-9-17-10-7-11(14)13-8-5-3-4-6-12(15)16/h2-10H2,1H3,(H,13,14)(H,15,16). The van der Waals surface area contributed by atoms with Gasteiger partial charge in [0.1, 0.15) is 0 Å². The van der Waals surface area contributed by atoms with Crippen molar-refractivity contribution in [3.05, 3.63) is 0 Å². The molecule has 0 fully saturated rings. The second kappa shape index (κ2) is 11.4. The normalized spacial score (nSPS) is 10.2. The van der Waals surface area contributed by atoms with E-state index in [2.05, 4.69) is 5.32 Å². The maximum atomic E-state index is 11.3. The number of aliphatic carboxylic acids is 1. The quantitative estimate of drug-likeness (QED) is 0.542. The second-order valence-electron chi connectivity index (χ2n) is 3.92.